The van der Waals surface area contributed by atoms with Gasteiger partial charge in [0, 0.05) is 6.04 Å². The Kier molecular flexibility index (Phi) is 4.67. The van der Waals surface area contributed by atoms with E-state index in [9.17, 15) is 9.59 Å². The first-order chi connectivity index (χ1) is 7.77. The summed E-state index contributed by atoms with van der Waals surface area (Å²) in [4.78, 5) is 25.8. The first-order valence-electron chi connectivity index (χ1n) is 5.67. The van der Waals surface area contributed by atoms with E-state index >= 15 is 0 Å². The number of amides is 2. The topological polar surface area (TPSA) is 40.6 Å². The van der Waals surface area contributed by atoms with Gasteiger partial charge in [0.15, 0.2) is 4.84 Å². The standard InChI is InChI=1S/C11H18Cl2N2O2/c1-6(2)10-14(11(17)9(12)13)5-8(16)15(10)7(3)4/h6-7,9-10H,5H2,1-4H3. The number of carbonyl (C=O) groups is 2. The predicted molar refractivity (Wildman–Crippen MR) is 67.8 cm³/mol. The van der Waals surface area contributed by atoms with Gasteiger partial charge in [-0.2, -0.15) is 0 Å². The molecule has 0 radical (unpaired) electrons. The molecule has 1 heterocycles. The van der Waals surface area contributed by atoms with Crippen LogP contribution in [0.15, 0.2) is 0 Å². The highest BCUT2D eigenvalue weighted by molar-refractivity contribution is 6.53. The third-order valence-corrected chi connectivity index (χ3v) is 3.19. The number of halogens is 2. The van der Waals surface area contributed by atoms with Crippen LogP contribution in [0.1, 0.15) is 27.7 Å². The second-order valence-electron chi connectivity index (χ2n) is 4.82. The summed E-state index contributed by atoms with van der Waals surface area (Å²) in [5, 5.41) is 0. The second kappa shape index (κ2) is 5.44. The lowest BCUT2D eigenvalue weighted by molar-refractivity contribution is -0.133. The number of rotatable bonds is 3. The maximum absolute atomic E-state index is 11.9. The summed E-state index contributed by atoms with van der Waals surface area (Å²) < 4.78 is 0. The molecule has 1 unspecified atom stereocenters. The predicted octanol–water partition coefficient (Wildman–Crippen LogP) is 1.85. The Balaban J connectivity index is 3.01. The highest BCUT2D eigenvalue weighted by atomic mass is 35.5. The van der Waals surface area contributed by atoms with Crippen molar-refractivity contribution in [1.29, 1.82) is 0 Å². The van der Waals surface area contributed by atoms with E-state index < -0.39 is 10.7 Å². The lowest BCUT2D eigenvalue weighted by Crippen LogP contribution is -2.49. The molecule has 1 atom stereocenters. The molecule has 4 nitrogen and oxygen atoms in total. The molecule has 0 aliphatic carbocycles. The van der Waals surface area contributed by atoms with Crippen molar-refractivity contribution in [3.8, 4) is 0 Å². The fraction of sp³-hybridized carbons (Fsp3) is 0.818. The Morgan fingerprint density at radius 2 is 1.82 bits per heavy atom. The first-order valence-corrected chi connectivity index (χ1v) is 6.54. The van der Waals surface area contributed by atoms with Gasteiger partial charge in [-0.1, -0.05) is 37.0 Å². The van der Waals surface area contributed by atoms with Crippen LogP contribution in [0, 0.1) is 5.92 Å². The van der Waals surface area contributed by atoms with Gasteiger partial charge in [-0.25, -0.2) is 0 Å². The van der Waals surface area contributed by atoms with Crippen LogP contribution in [0.25, 0.3) is 0 Å². The molecule has 6 heteroatoms. The van der Waals surface area contributed by atoms with Crippen LogP contribution < -0.4 is 0 Å². The zero-order valence-electron chi connectivity index (χ0n) is 10.5. The third-order valence-electron chi connectivity index (χ3n) is 2.82. The van der Waals surface area contributed by atoms with Crippen LogP contribution in [0.3, 0.4) is 0 Å². The largest absolute Gasteiger partial charge is 0.318 e. The van der Waals surface area contributed by atoms with Gasteiger partial charge in [0.25, 0.3) is 5.91 Å². The summed E-state index contributed by atoms with van der Waals surface area (Å²) >= 11 is 11.2. The minimum atomic E-state index is -1.11. The van der Waals surface area contributed by atoms with Crippen molar-refractivity contribution in [1.82, 2.24) is 9.80 Å². The lowest BCUT2D eigenvalue weighted by Gasteiger charge is -2.35. The minimum Gasteiger partial charge on any atom is -0.318 e. The highest BCUT2D eigenvalue weighted by Crippen LogP contribution is 2.26. The minimum absolute atomic E-state index is 0.0526. The summed E-state index contributed by atoms with van der Waals surface area (Å²) in [6.45, 7) is 7.86. The van der Waals surface area contributed by atoms with Crippen LogP contribution in [0.5, 0.6) is 0 Å². The van der Waals surface area contributed by atoms with Gasteiger partial charge in [-0.15, -0.1) is 0 Å². The van der Waals surface area contributed by atoms with Crippen LogP contribution in [0.2, 0.25) is 0 Å². The van der Waals surface area contributed by atoms with Crippen molar-refractivity contribution >= 4 is 35.0 Å². The van der Waals surface area contributed by atoms with E-state index in [2.05, 4.69) is 0 Å². The quantitative estimate of drug-likeness (QED) is 0.741. The maximum Gasteiger partial charge on any atom is 0.257 e. The molecular formula is C11H18Cl2N2O2. The average Bonchev–Trinajstić information content (AvgIpc) is 2.54. The molecule has 0 N–H and O–H groups in total. The molecule has 0 aromatic heterocycles. The number of nitrogens with zero attached hydrogens (tertiary/aromatic N) is 2. The van der Waals surface area contributed by atoms with E-state index in [4.69, 9.17) is 23.2 Å². The molecule has 2 amide bonds. The maximum atomic E-state index is 11.9. The third kappa shape index (κ3) is 2.86. The second-order valence-corrected chi connectivity index (χ2v) is 5.92. The van der Waals surface area contributed by atoms with Crippen LogP contribution >= 0.6 is 23.2 Å². The zero-order chi connectivity index (χ0) is 13.3. The molecule has 1 saturated heterocycles. The van der Waals surface area contributed by atoms with Crippen molar-refractivity contribution in [2.45, 2.75) is 44.7 Å². The summed E-state index contributed by atoms with van der Waals surface area (Å²) in [6, 6.07) is 0.0526. The van der Waals surface area contributed by atoms with Gasteiger partial charge >= 0.3 is 0 Å². The van der Waals surface area contributed by atoms with Gasteiger partial charge in [-0.3, -0.25) is 9.59 Å². The number of carbonyl (C=O) groups excluding carboxylic acids is 2. The van der Waals surface area contributed by atoms with E-state index in [1.165, 1.54) is 4.90 Å². The Morgan fingerprint density at radius 3 is 2.18 bits per heavy atom. The van der Waals surface area contributed by atoms with Crippen LogP contribution in [0.4, 0.5) is 0 Å². The normalized spacial score (nSPS) is 21.2. The first kappa shape index (κ1) is 14.6. The molecule has 1 aliphatic rings. The van der Waals surface area contributed by atoms with Crippen molar-refractivity contribution < 1.29 is 9.59 Å². The number of hydrogen-bond donors (Lipinski definition) is 0. The SMILES string of the molecule is CC(C)C1N(C(=O)C(Cl)Cl)CC(=O)N1C(C)C. The van der Waals surface area contributed by atoms with Crippen LogP contribution in [-0.4, -0.2) is 45.2 Å². The van der Waals surface area contributed by atoms with Gasteiger partial charge in [-0.05, 0) is 19.8 Å². The molecule has 17 heavy (non-hydrogen) atoms. The fourth-order valence-corrected chi connectivity index (χ4v) is 2.48. The van der Waals surface area contributed by atoms with Gasteiger partial charge in [0.1, 0.15) is 12.7 Å². The van der Waals surface area contributed by atoms with E-state index in [1.807, 2.05) is 27.7 Å². The smallest absolute Gasteiger partial charge is 0.257 e. The average molecular weight is 281 g/mol. The molecule has 1 aliphatic heterocycles. The van der Waals surface area contributed by atoms with Crippen molar-refractivity contribution in [2.24, 2.45) is 5.92 Å². The monoisotopic (exact) mass is 280 g/mol. The molecule has 1 rings (SSSR count). The summed E-state index contributed by atoms with van der Waals surface area (Å²) in [5.41, 5.74) is 0. The van der Waals surface area contributed by atoms with Crippen molar-refractivity contribution in [2.75, 3.05) is 6.54 Å². The molecule has 0 aromatic carbocycles. The number of alkyl halides is 2. The number of hydrogen-bond acceptors (Lipinski definition) is 2. The molecule has 0 saturated carbocycles. The van der Waals surface area contributed by atoms with Crippen molar-refractivity contribution in [3.63, 3.8) is 0 Å². The summed E-state index contributed by atoms with van der Waals surface area (Å²) in [6.07, 6.45) is -0.255. The summed E-state index contributed by atoms with van der Waals surface area (Å²) in [7, 11) is 0. The molecular weight excluding hydrogens is 263 g/mol. The van der Waals surface area contributed by atoms with Crippen molar-refractivity contribution in [3.05, 3.63) is 0 Å². The van der Waals surface area contributed by atoms with Gasteiger partial charge in [0.05, 0.1) is 0 Å². The van der Waals surface area contributed by atoms with E-state index in [0.717, 1.165) is 0 Å². The summed E-state index contributed by atoms with van der Waals surface area (Å²) in [5.74, 6) is -0.315. The Hall–Kier alpha value is -0.480. The zero-order valence-corrected chi connectivity index (χ0v) is 12.0. The van der Waals surface area contributed by atoms with Crippen LogP contribution in [-0.2, 0) is 9.59 Å². The molecule has 1 fully saturated rings. The lowest BCUT2D eigenvalue weighted by atomic mass is 10.1. The van der Waals surface area contributed by atoms with E-state index in [1.54, 1.807) is 4.90 Å². The van der Waals surface area contributed by atoms with E-state index in [0.29, 0.717) is 0 Å². The molecule has 0 bridgehead atoms. The van der Waals surface area contributed by atoms with Gasteiger partial charge in [0.2, 0.25) is 5.91 Å². The Labute approximate surface area is 112 Å². The Bertz CT molecular complexity index is 319. The molecule has 0 aromatic rings. The van der Waals surface area contributed by atoms with E-state index in [-0.39, 0.29) is 30.6 Å². The Morgan fingerprint density at radius 1 is 1.29 bits per heavy atom. The molecule has 0 spiro atoms. The highest BCUT2D eigenvalue weighted by Gasteiger charge is 2.44. The fourth-order valence-electron chi connectivity index (χ4n) is 2.23. The molecule has 98 valence electrons. The van der Waals surface area contributed by atoms with Gasteiger partial charge < -0.3 is 9.80 Å².